The van der Waals surface area contributed by atoms with Gasteiger partial charge in [0, 0.05) is 5.56 Å². The van der Waals surface area contributed by atoms with Gasteiger partial charge in [-0.3, -0.25) is 9.59 Å². The summed E-state index contributed by atoms with van der Waals surface area (Å²) in [5.74, 6) is -1.01. The summed E-state index contributed by atoms with van der Waals surface area (Å²) in [5.41, 5.74) is 1.48. The minimum absolute atomic E-state index is 0.0370. The van der Waals surface area contributed by atoms with E-state index in [-0.39, 0.29) is 22.3 Å². The molecule has 2 aromatic carbocycles. The average Bonchev–Trinajstić information content (AvgIpc) is 2.92. The quantitative estimate of drug-likeness (QED) is 0.787. The van der Waals surface area contributed by atoms with E-state index in [0.29, 0.717) is 11.0 Å². The summed E-state index contributed by atoms with van der Waals surface area (Å²) in [7, 11) is 0. The zero-order valence-electron chi connectivity index (χ0n) is 12.9. The predicted molar refractivity (Wildman–Crippen MR) is 87.6 cm³/mol. The summed E-state index contributed by atoms with van der Waals surface area (Å²) < 4.78 is 19.8. The van der Waals surface area contributed by atoms with E-state index in [1.807, 2.05) is 13.0 Å². The van der Waals surface area contributed by atoms with Crippen LogP contribution in [-0.2, 0) is 6.42 Å². The number of amides is 1. The van der Waals surface area contributed by atoms with Crippen molar-refractivity contribution in [1.82, 2.24) is 5.32 Å². The van der Waals surface area contributed by atoms with Crippen molar-refractivity contribution in [2.24, 2.45) is 0 Å². The Morgan fingerprint density at radius 1 is 1.17 bits per heavy atom. The Morgan fingerprint density at radius 2 is 1.96 bits per heavy atom. The van der Waals surface area contributed by atoms with Crippen molar-refractivity contribution in [1.29, 1.82) is 0 Å². The smallest absolute Gasteiger partial charge is 0.288 e. The van der Waals surface area contributed by atoms with Gasteiger partial charge in [0.25, 0.3) is 5.91 Å². The molecule has 0 fully saturated rings. The number of hydrogen-bond donors (Lipinski definition) is 1. The number of nitrogens with one attached hydrogen (secondary N) is 1. The van der Waals surface area contributed by atoms with Crippen LogP contribution in [0.4, 0.5) is 4.39 Å². The van der Waals surface area contributed by atoms with Gasteiger partial charge < -0.3 is 9.73 Å². The highest BCUT2D eigenvalue weighted by atomic mass is 19.1. The topological polar surface area (TPSA) is 59.3 Å². The van der Waals surface area contributed by atoms with Gasteiger partial charge >= 0.3 is 0 Å². The average molecular weight is 323 g/mol. The molecule has 3 aromatic rings. The summed E-state index contributed by atoms with van der Waals surface area (Å²) in [6.45, 7) is 1.99. The highest BCUT2D eigenvalue weighted by molar-refractivity contribution is 5.99. The van der Waals surface area contributed by atoms with E-state index in [9.17, 15) is 14.0 Å². The molecule has 0 bridgehead atoms. The van der Waals surface area contributed by atoms with Gasteiger partial charge in [0.15, 0.2) is 5.43 Å². The lowest BCUT2D eigenvalue weighted by atomic mass is 9.98. The van der Waals surface area contributed by atoms with Crippen molar-refractivity contribution in [3.63, 3.8) is 0 Å². The molecule has 1 N–H and O–H groups in total. The summed E-state index contributed by atoms with van der Waals surface area (Å²) in [6, 6.07) is 10.6. The molecule has 1 atom stereocenters. The van der Waals surface area contributed by atoms with Crippen molar-refractivity contribution < 1.29 is 13.6 Å². The van der Waals surface area contributed by atoms with E-state index >= 15 is 0 Å². The number of halogens is 1. The van der Waals surface area contributed by atoms with Crippen LogP contribution < -0.4 is 10.7 Å². The Bertz CT molecular complexity index is 1040. The number of fused-ring (bicyclic) bond motifs is 2. The van der Waals surface area contributed by atoms with E-state index in [0.717, 1.165) is 12.0 Å². The van der Waals surface area contributed by atoms with Gasteiger partial charge in [-0.2, -0.15) is 0 Å². The molecule has 4 rings (SSSR count). The molecule has 0 aliphatic carbocycles. The van der Waals surface area contributed by atoms with Crippen LogP contribution in [0.1, 0.15) is 40.2 Å². The monoisotopic (exact) mass is 323 g/mol. The number of hydrogen-bond acceptors (Lipinski definition) is 3. The van der Waals surface area contributed by atoms with Crippen molar-refractivity contribution in [3.8, 4) is 0 Å². The molecule has 120 valence electrons. The zero-order valence-corrected chi connectivity index (χ0v) is 12.9. The van der Waals surface area contributed by atoms with Crippen LogP contribution in [0.2, 0.25) is 0 Å². The maximum atomic E-state index is 14.1. The summed E-state index contributed by atoms with van der Waals surface area (Å²) >= 11 is 0. The number of benzene rings is 2. The van der Waals surface area contributed by atoms with Crippen molar-refractivity contribution in [3.05, 3.63) is 81.0 Å². The maximum Gasteiger partial charge on any atom is 0.288 e. The zero-order chi connectivity index (χ0) is 16.8. The van der Waals surface area contributed by atoms with E-state index in [4.69, 9.17) is 4.42 Å². The molecule has 2 heterocycles. The summed E-state index contributed by atoms with van der Waals surface area (Å²) in [6.07, 6.45) is 0.778. The Labute approximate surface area is 136 Å². The minimum atomic E-state index is -0.834. The number of rotatable bonds is 2. The molecule has 24 heavy (non-hydrogen) atoms. The van der Waals surface area contributed by atoms with Crippen molar-refractivity contribution in [2.45, 2.75) is 19.4 Å². The van der Waals surface area contributed by atoms with Crippen LogP contribution in [0.3, 0.4) is 0 Å². The van der Waals surface area contributed by atoms with Gasteiger partial charge in [-0.15, -0.1) is 0 Å². The molecule has 1 aliphatic rings. The Kier molecular flexibility index (Phi) is 3.23. The first-order valence-electron chi connectivity index (χ1n) is 7.75. The molecule has 1 amide bonds. The van der Waals surface area contributed by atoms with Crippen LogP contribution in [-0.4, -0.2) is 5.91 Å². The Hall–Kier alpha value is -2.95. The predicted octanol–water partition coefficient (Wildman–Crippen LogP) is 3.33. The van der Waals surface area contributed by atoms with Crippen LogP contribution in [0.25, 0.3) is 11.0 Å². The molecule has 1 unspecified atom stereocenters. The second-order valence-corrected chi connectivity index (χ2v) is 5.79. The lowest BCUT2D eigenvalue weighted by Crippen LogP contribution is -2.22. The maximum absolute atomic E-state index is 14.1. The SMILES string of the molecule is CCc1ccc2oc3c(c(=O)c2c1)C(c1ccccc1F)NC3=O. The van der Waals surface area contributed by atoms with Gasteiger partial charge in [0.05, 0.1) is 17.0 Å². The van der Waals surface area contributed by atoms with Crippen LogP contribution in [0, 0.1) is 5.82 Å². The normalized spacial score (nSPS) is 16.2. The fourth-order valence-corrected chi connectivity index (χ4v) is 3.12. The largest absolute Gasteiger partial charge is 0.450 e. The molecule has 1 aliphatic heterocycles. The van der Waals surface area contributed by atoms with E-state index < -0.39 is 17.8 Å². The van der Waals surface area contributed by atoms with E-state index in [2.05, 4.69) is 5.32 Å². The summed E-state index contributed by atoms with van der Waals surface area (Å²) in [5, 5.41) is 3.06. The van der Waals surface area contributed by atoms with Crippen LogP contribution in [0.15, 0.2) is 51.7 Å². The third-order valence-corrected chi connectivity index (χ3v) is 4.38. The van der Waals surface area contributed by atoms with Crippen LogP contribution >= 0.6 is 0 Å². The van der Waals surface area contributed by atoms with E-state index in [1.54, 1.807) is 30.3 Å². The standard InChI is InChI=1S/C19H14FNO3/c1-2-10-7-8-14-12(9-10)17(22)15-16(21-19(23)18(15)24-14)11-5-3-4-6-13(11)20/h3-9,16H,2H2,1H3,(H,21,23). The molecule has 5 heteroatoms. The fraction of sp³-hybridized carbons (Fsp3) is 0.158. The minimum Gasteiger partial charge on any atom is -0.450 e. The highest BCUT2D eigenvalue weighted by Gasteiger charge is 2.37. The van der Waals surface area contributed by atoms with Gasteiger partial charge in [-0.25, -0.2) is 4.39 Å². The van der Waals surface area contributed by atoms with Gasteiger partial charge in [-0.1, -0.05) is 31.2 Å². The number of carbonyl (C=O) groups excluding carboxylic acids is 1. The second-order valence-electron chi connectivity index (χ2n) is 5.79. The van der Waals surface area contributed by atoms with Gasteiger partial charge in [0.2, 0.25) is 5.76 Å². The molecule has 0 radical (unpaired) electrons. The number of aryl methyl sites for hydroxylation is 1. The molecule has 0 saturated heterocycles. The van der Waals surface area contributed by atoms with Gasteiger partial charge in [0.1, 0.15) is 11.4 Å². The third kappa shape index (κ3) is 2.05. The lowest BCUT2D eigenvalue weighted by Gasteiger charge is -2.12. The summed E-state index contributed by atoms with van der Waals surface area (Å²) in [4.78, 5) is 25.2. The molecular formula is C19H14FNO3. The molecule has 0 saturated carbocycles. The molecule has 4 nitrogen and oxygen atoms in total. The number of carbonyl (C=O) groups is 1. The van der Waals surface area contributed by atoms with Gasteiger partial charge in [-0.05, 0) is 30.2 Å². The lowest BCUT2D eigenvalue weighted by molar-refractivity contribution is 0.0937. The Balaban J connectivity index is 2.01. The first kappa shape index (κ1) is 14.6. The van der Waals surface area contributed by atoms with Crippen LogP contribution in [0.5, 0.6) is 0 Å². The van der Waals surface area contributed by atoms with Crippen molar-refractivity contribution >= 4 is 16.9 Å². The molecular weight excluding hydrogens is 309 g/mol. The molecule has 0 spiro atoms. The first-order chi connectivity index (χ1) is 11.6. The second kappa shape index (κ2) is 5.30. The first-order valence-corrected chi connectivity index (χ1v) is 7.75. The highest BCUT2D eigenvalue weighted by Crippen LogP contribution is 2.32. The van der Waals surface area contributed by atoms with Crippen molar-refractivity contribution in [2.75, 3.05) is 0 Å². The fourth-order valence-electron chi connectivity index (χ4n) is 3.12. The third-order valence-electron chi connectivity index (χ3n) is 4.38. The molecule has 1 aromatic heterocycles. The van der Waals surface area contributed by atoms with E-state index in [1.165, 1.54) is 6.07 Å². The Morgan fingerprint density at radius 3 is 2.71 bits per heavy atom.